The number of nitrogens with one attached hydrogen (secondary N) is 1. The molecule has 3 N–H and O–H groups in total. The highest BCUT2D eigenvalue weighted by Gasteiger charge is 2.05. The van der Waals surface area contributed by atoms with E-state index in [1.165, 1.54) is 19.3 Å². The van der Waals surface area contributed by atoms with Crippen molar-refractivity contribution in [2.75, 3.05) is 11.9 Å². The van der Waals surface area contributed by atoms with E-state index in [-0.39, 0.29) is 0 Å². The molecular formula is C14H21BrN2S. The van der Waals surface area contributed by atoms with Gasteiger partial charge in [-0.25, -0.2) is 0 Å². The smallest absolute Gasteiger partial charge is 0.106 e. The first-order valence-corrected chi connectivity index (χ1v) is 7.54. The molecule has 0 unspecified atom stereocenters. The first-order chi connectivity index (χ1) is 8.50. The third kappa shape index (κ3) is 5.36. The van der Waals surface area contributed by atoms with Gasteiger partial charge in [0.2, 0.25) is 0 Å². The second kappa shape index (κ2) is 7.74. The Bertz CT molecular complexity index is 405. The zero-order chi connectivity index (χ0) is 13.5. The van der Waals surface area contributed by atoms with Gasteiger partial charge in [-0.05, 0) is 30.5 Å². The van der Waals surface area contributed by atoms with Gasteiger partial charge in [-0.15, -0.1) is 0 Å². The highest BCUT2D eigenvalue weighted by atomic mass is 79.9. The molecule has 0 aromatic heterocycles. The summed E-state index contributed by atoms with van der Waals surface area (Å²) in [4.78, 5) is 0.437. The standard InChI is InChI=1S/C14H21BrN2S/c1-10(2)5-3-4-8-17-13-9-11(15)6-7-12(13)14(16)18/h6-7,9-10,17H,3-5,8H2,1-2H3,(H2,16,18). The van der Waals surface area contributed by atoms with Crippen LogP contribution in [0.3, 0.4) is 0 Å². The van der Waals surface area contributed by atoms with Crippen molar-refractivity contribution >= 4 is 38.8 Å². The van der Waals surface area contributed by atoms with Crippen LogP contribution in [-0.4, -0.2) is 11.5 Å². The molecular weight excluding hydrogens is 308 g/mol. The number of halogens is 1. The summed E-state index contributed by atoms with van der Waals surface area (Å²) < 4.78 is 1.03. The lowest BCUT2D eigenvalue weighted by atomic mass is 10.1. The second-order valence-electron chi connectivity index (χ2n) is 4.87. The van der Waals surface area contributed by atoms with E-state index < -0.39 is 0 Å². The number of hydrogen-bond acceptors (Lipinski definition) is 2. The third-order valence-electron chi connectivity index (χ3n) is 2.77. The van der Waals surface area contributed by atoms with E-state index in [0.717, 1.165) is 28.2 Å². The normalized spacial score (nSPS) is 10.7. The van der Waals surface area contributed by atoms with E-state index in [1.807, 2.05) is 18.2 Å². The molecule has 0 atom stereocenters. The molecule has 0 bridgehead atoms. The van der Waals surface area contributed by atoms with Gasteiger partial charge in [0.05, 0.1) is 0 Å². The lowest BCUT2D eigenvalue weighted by molar-refractivity contribution is 0.545. The summed E-state index contributed by atoms with van der Waals surface area (Å²) in [6.07, 6.45) is 3.70. The van der Waals surface area contributed by atoms with E-state index in [0.29, 0.717) is 4.99 Å². The lowest BCUT2D eigenvalue weighted by Gasteiger charge is -2.12. The summed E-state index contributed by atoms with van der Waals surface area (Å²) in [6, 6.07) is 5.93. The number of thiocarbonyl (C=S) groups is 1. The van der Waals surface area contributed by atoms with Crippen molar-refractivity contribution < 1.29 is 0 Å². The van der Waals surface area contributed by atoms with Gasteiger partial charge in [0.25, 0.3) is 0 Å². The summed E-state index contributed by atoms with van der Waals surface area (Å²) >= 11 is 8.51. The first kappa shape index (κ1) is 15.4. The van der Waals surface area contributed by atoms with Crippen molar-refractivity contribution in [1.82, 2.24) is 0 Å². The SMILES string of the molecule is CC(C)CCCCNc1cc(Br)ccc1C(N)=S. The number of nitrogens with two attached hydrogens (primary N) is 1. The number of unbranched alkanes of at least 4 members (excludes halogenated alkanes) is 1. The molecule has 0 saturated heterocycles. The van der Waals surface area contributed by atoms with Gasteiger partial charge in [0.15, 0.2) is 0 Å². The Labute approximate surface area is 123 Å². The lowest BCUT2D eigenvalue weighted by Crippen LogP contribution is -2.13. The predicted molar refractivity (Wildman–Crippen MR) is 87.2 cm³/mol. The van der Waals surface area contributed by atoms with Crippen LogP contribution in [0.1, 0.15) is 38.7 Å². The Morgan fingerprint density at radius 1 is 1.39 bits per heavy atom. The van der Waals surface area contributed by atoms with Gasteiger partial charge in [-0.1, -0.05) is 54.8 Å². The van der Waals surface area contributed by atoms with Crippen molar-refractivity contribution in [3.05, 3.63) is 28.2 Å². The largest absolute Gasteiger partial charge is 0.389 e. The van der Waals surface area contributed by atoms with Crippen molar-refractivity contribution in [1.29, 1.82) is 0 Å². The summed E-state index contributed by atoms with van der Waals surface area (Å²) in [7, 11) is 0. The minimum absolute atomic E-state index is 0.437. The Balaban J connectivity index is 2.50. The molecule has 0 fully saturated rings. The maximum Gasteiger partial charge on any atom is 0.106 e. The quantitative estimate of drug-likeness (QED) is 0.578. The van der Waals surface area contributed by atoms with E-state index in [9.17, 15) is 0 Å². The fourth-order valence-electron chi connectivity index (χ4n) is 1.78. The van der Waals surface area contributed by atoms with E-state index in [1.54, 1.807) is 0 Å². The van der Waals surface area contributed by atoms with Gasteiger partial charge in [-0.3, -0.25) is 0 Å². The number of rotatable bonds is 7. The Kier molecular flexibility index (Phi) is 6.65. The average molecular weight is 329 g/mol. The number of anilines is 1. The minimum atomic E-state index is 0.437. The maximum absolute atomic E-state index is 5.71. The second-order valence-corrected chi connectivity index (χ2v) is 6.23. The molecule has 0 aliphatic rings. The summed E-state index contributed by atoms with van der Waals surface area (Å²) in [6.45, 7) is 5.47. The molecule has 0 spiro atoms. The molecule has 4 heteroatoms. The highest BCUT2D eigenvalue weighted by molar-refractivity contribution is 9.10. The van der Waals surface area contributed by atoms with Crippen LogP contribution in [-0.2, 0) is 0 Å². The predicted octanol–water partition coefficient (Wildman–Crippen LogP) is 4.32. The van der Waals surface area contributed by atoms with Crippen molar-refractivity contribution in [2.24, 2.45) is 11.7 Å². The van der Waals surface area contributed by atoms with Gasteiger partial charge in [0.1, 0.15) is 4.99 Å². The monoisotopic (exact) mass is 328 g/mol. The van der Waals surface area contributed by atoms with Crippen LogP contribution in [0, 0.1) is 5.92 Å². The zero-order valence-corrected chi connectivity index (χ0v) is 13.4. The Hall–Kier alpha value is -0.610. The average Bonchev–Trinajstić information content (AvgIpc) is 2.27. The zero-order valence-electron chi connectivity index (χ0n) is 11.0. The van der Waals surface area contributed by atoms with Gasteiger partial charge in [0, 0.05) is 22.3 Å². The van der Waals surface area contributed by atoms with Crippen molar-refractivity contribution in [3.63, 3.8) is 0 Å². The highest BCUT2D eigenvalue weighted by Crippen LogP contribution is 2.21. The van der Waals surface area contributed by atoms with Crippen LogP contribution in [0.25, 0.3) is 0 Å². The molecule has 1 aromatic carbocycles. The van der Waals surface area contributed by atoms with Crippen LogP contribution in [0.15, 0.2) is 22.7 Å². The molecule has 0 heterocycles. The molecule has 2 nitrogen and oxygen atoms in total. The van der Waals surface area contributed by atoms with Gasteiger partial charge in [-0.2, -0.15) is 0 Å². The molecule has 18 heavy (non-hydrogen) atoms. The Morgan fingerprint density at radius 3 is 2.72 bits per heavy atom. The molecule has 0 saturated carbocycles. The molecule has 0 aliphatic carbocycles. The van der Waals surface area contributed by atoms with Crippen LogP contribution < -0.4 is 11.1 Å². The maximum atomic E-state index is 5.71. The van der Waals surface area contributed by atoms with E-state index in [4.69, 9.17) is 18.0 Å². The fourth-order valence-corrected chi connectivity index (χ4v) is 2.32. The molecule has 1 aromatic rings. The number of benzene rings is 1. The molecule has 100 valence electrons. The van der Waals surface area contributed by atoms with Gasteiger partial charge >= 0.3 is 0 Å². The minimum Gasteiger partial charge on any atom is -0.389 e. The first-order valence-electron chi connectivity index (χ1n) is 6.34. The summed E-state index contributed by atoms with van der Waals surface area (Å²) in [5.41, 5.74) is 7.64. The molecule has 0 aliphatic heterocycles. The van der Waals surface area contributed by atoms with Crippen LogP contribution in [0.2, 0.25) is 0 Å². The number of hydrogen-bond donors (Lipinski definition) is 2. The summed E-state index contributed by atoms with van der Waals surface area (Å²) in [5, 5.41) is 3.41. The third-order valence-corrected chi connectivity index (χ3v) is 3.48. The van der Waals surface area contributed by atoms with Crippen LogP contribution in [0.4, 0.5) is 5.69 Å². The van der Waals surface area contributed by atoms with Crippen LogP contribution in [0.5, 0.6) is 0 Å². The topological polar surface area (TPSA) is 38.0 Å². The molecule has 1 rings (SSSR count). The molecule has 0 radical (unpaired) electrons. The van der Waals surface area contributed by atoms with E-state index >= 15 is 0 Å². The Morgan fingerprint density at radius 2 is 2.11 bits per heavy atom. The molecule has 0 amide bonds. The van der Waals surface area contributed by atoms with Crippen molar-refractivity contribution in [2.45, 2.75) is 33.1 Å². The summed E-state index contributed by atoms with van der Waals surface area (Å²) in [5.74, 6) is 0.781. The van der Waals surface area contributed by atoms with E-state index in [2.05, 4.69) is 35.1 Å². The van der Waals surface area contributed by atoms with Gasteiger partial charge < -0.3 is 11.1 Å². The van der Waals surface area contributed by atoms with Crippen molar-refractivity contribution in [3.8, 4) is 0 Å². The van der Waals surface area contributed by atoms with Crippen LogP contribution >= 0.6 is 28.1 Å². The fraction of sp³-hybridized carbons (Fsp3) is 0.500.